The molecule has 0 saturated heterocycles. The molecule has 1 saturated carbocycles. The Hall–Kier alpha value is -1.63. The van der Waals surface area contributed by atoms with Crippen LogP contribution in [0.3, 0.4) is 0 Å². The lowest BCUT2D eigenvalue weighted by Crippen LogP contribution is -2.48. The predicted octanol–water partition coefficient (Wildman–Crippen LogP) is 0.569. The van der Waals surface area contributed by atoms with Crippen molar-refractivity contribution in [3.8, 4) is 6.01 Å². The van der Waals surface area contributed by atoms with Gasteiger partial charge in [0.2, 0.25) is 11.9 Å². The molecule has 0 bridgehead atoms. The van der Waals surface area contributed by atoms with Crippen molar-refractivity contribution in [1.82, 2.24) is 15.0 Å². The van der Waals surface area contributed by atoms with Gasteiger partial charge in [0.15, 0.2) is 0 Å². The molecule has 0 radical (unpaired) electrons. The first-order chi connectivity index (χ1) is 8.67. The summed E-state index contributed by atoms with van der Waals surface area (Å²) in [5.74, 6) is 0.480. The van der Waals surface area contributed by atoms with Crippen LogP contribution >= 0.6 is 0 Å². The van der Waals surface area contributed by atoms with Gasteiger partial charge in [-0.15, -0.1) is 0 Å². The first kappa shape index (κ1) is 12.8. The third kappa shape index (κ3) is 2.79. The van der Waals surface area contributed by atoms with Gasteiger partial charge in [-0.3, -0.25) is 0 Å². The van der Waals surface area contributed by atoms with Gasteiger partial charge < -0.3 is 20.9 Å². The van der Waals surface area contributed by atoms with E-state index in [9.17, 15) is 5.11 Å². The van der Waals surface area contributed by atoms with Gasteiger partial charge in [0.25, 0.3) is 0 Å². The highest BCUT2D eigenvalue weighted by molar-refractivity contribution is 5.36. The molecule has 7 heteroatoms. The standard InChI is InChI=1S/C11H19N5O2/c1-2-6-18-10-14-8(12)13-9(15-10)16-11(7-17)4-3-5-11/h17H,2-7H2,1H3,(H3,12,13,14,15,16). The maximum Gasteiger partial charge on any atom is 0.323 e. The lowest BCUT2D eigenvalue weighted by molar-refractivity contribution is 0.143. The average molecular weight is 253 g/mol. The first-order valence-corrected chi connectivity index (χ1v) is 6.21. The molecule has 7 nitrogen and oxygen atoms in total. The molecule has 100 valence electrons. The Kier molecular flexibility index (Phi) is 3.81. The van der Waals surface area contributed by atoms with Gasteiger partial charge in [0, 0.05) is 0 Å². The van der Waals surface area contributed by atoms with Gasteiger partial charge in [0.1, 0.15) is 0 Å². The van der Waals surface area contributed by atoms with E-state index in [2.05, 4.69) is 20.3 Å². The number of nitrogens with zero attached hydrogens (tertiary/aromatic N) is 3. The Balaban J connectivity index is 2.09. The molecule has 4 N–H and O–H groups in total. The largest absolute Gasteiger partial charge is 0.463 e. The summed E-state index contributed by atoms with van der Waals surface area (Å²) in [5, 5.41) is 12.5. The topological polar surface area (TPSA) is 106 Å². The number of hydrogen-bond acceptors (Lipinski definition) is 7. The minimum atomic E-state index is -0.310. The van der Waals surface area contributed by atoms with E-state index in [4.69, 9.17) is 10.5 Å². The number of aromatic nitrogens is 3. The van der Waals surface area contributed by atoms with Crippen molar-refractivity contribution >= 4 is 11.9 Å². The summed E-state index contributed by atoms with van der Waals surface area (Å²) >= 11 is 0. The van der Waals surface area contributed by atoms with E-state index in [0.717, 1.165) is 25.7 Å². The number of hydrogen-bond donors (Lipinski definition) is 3. The van der Waals surface area contributed by atoms with Gasteiger partial charge in [-0.2, -0.15) is 15.0 Å². The van der Waals surface area contributed by atoms with Gasteiger partial charge in [-0.25, -0.2) is 0 Å². The van der Waals surface area contributed by atoms with Crippen LogP contribution in [0.5, 0.6) is 6.01 Å². The predicted molar refractivity (Wildman–Crippen MR) is 67.3 cm³/mol. The van der Waals surface area contributed by atoms with Crippen molar-refractivity contribution in [2.45, 2.75) is 38.1 Å². The third-order valence-electron chi connectivity index (χ3n) is 3.06. The summed E-state index contributed by atoms with van der Waals surface area (Å²) in [7, 11) is 0. The Bertz CT molecular complexity index is 403. The highest BCUT2D eigenvalue weighted by atomic mass is 16.5. The third-order valence-corrected chi connectivity index (χ3v) is 3.06. The molecule has 0 aromatic carbocycles. The van der Waals surface area contributed by atoms with E-state index in [0.29, 0.717) is 12.6 Å². The fourth-order valence-corrected chi connectivity index (χ4v) is 1.85. The highest BCUT2D eigenvalue weighted by Gasteiger charge is 2.37. The molecule has 1 aliphatic carbocycles. The van der Waals surface area contributed by atoms with Crippen molar-refractivity contribution in [3.05, 3.63) is 0 Å². The highest BCUT2D eigenvalue weighted by Crippen LogP contribution is 2.34. The van der Waals surface area contributed by atoms with E-state index in [1.165, 1.54) is 0 Å². The molecule has 0 atom stereocenters. The average Bonchev–Trinajstić information content (AvgIpc) is 2.30. The minimum absolute atomic E-state index is 0.0593. The van der Waals surface area contributed by atoms with Gasteiger partial charge in [0.05, 0.1) is 18.8 Å². The fourth-order valence-electron chi connectivity index (χ4n) is 1.85. The lowest BCUT2D eigenvalue weighted by Gasteiger charge is -2.40. The Morgan fingerprint density at radius 3 is 2.72 bits per heavy atom. The van der Waals surface area contributed by atoms with Crippen LogP contribution in [-0.4, -0.2) is 38.8 Å². The van der Waals surface area contributed by atoms with E-state index in [-0.39, 0.29) is 24.1 Å². The normalized spacial score (nSPS) is 17.0. The smallest absolute Gasteiger partial charge is 0.323 e. The fraction of sp³-hybridized carbons (Fsp3) is 0.727. The monoisotopic (exact) mass is 253 g/mol. The first-order valence-electron chi connectivity index (χ1n) is 6.21. The van der Waals surface area contributed by atoms with Crippen molar-refractivity contribution in [2.24, 2.45) is 0 Å². The number of rotatable bonds is 6. The number of aliphatic hydroxyl groups excluding tert-OH is 1. The summed E-state index contributed by atoms with van der Waals surface area (Å²) in [6.07, 6.45) is 3.77. The van der Waals surface area contributed by atoms with E-state index in [1.54, 1.807) is 0 Å². The van der Waals surface area contributed by atoms with E-state index in [1.807, 2.05) is 6.92 Å². The molecule has 1 aromatic heterocycles. The Morgan fingerprint density at radius 1 is 1.39 bits per heavy atom. The number of nitrogen functional groups attached to an aromatic ring is 1. The molecule has 0 spiro atoms. The Labute approximate surface area is 106 Å². The lowest BCUT2D eigenvalue weighted by atomic mass is 9.77. The van der Waals surface area contributed by atoms with Crippen LogP contribution in [0.2, 0.25) is 0 Å². The minimum Gasteiger partial charge on any atom is -0.463 e. The number of nitrogens with two attached hydrogens (primary N) is 1. The van der Waals surface area contributed by atoms with Crippen molar-refractivity contribution in [1.29, 1.82) is 0 Å². The molecule has 1 heterocycles. The second kappa shape index (κ2) is 5.34. The molecule has 1 fully saturated rings. The SMILES string of the molecule is CCCOc1nc(N)nc(NC2(CO)CCC2)n1. The van der Waals surface area contributed by atoms with Gasteiger partial charge >= 0.3 is 6.01 Å². The summed E-state index contributed by atoms with van der Waals surface area (Å²) in [4.78, 5) is 12.1. The molecule has 0 amide bonds. The van der Waals surface area contributed by atoms with Crippen LogP contribution in [0.1, 0.15) is 32.6 Å². The Morgan fingerprint density at radius 2 is 2.17 bits per heavy atom. The van der Waals surface area contributed by atoms with Crippen LogP contribution in [0.4, 0.5) is 11.9 Å². The van der Waals surface area contributed by atoms with Crippen LogP contribution < -0.4 is 15.8 Å². The second-order valence-electron chi connectivity index (χ2n) is 4.57. The maximum absolute atomic E-state index is 9.38. The van der Waals surface area contributed by atoms with E-state index >= 15 is 0 Å². The molecule has 18 heavy (non-hydrogen) atoms. The molecule has 2 rings (SSSR count). The summed E-state index contributed by atoms with van der Waals surface area (Å²) in [5.41, 5.74) is 5.30. The quantitative estimate of drug-likeness (QED) is 0.680. The molecular formula is C11H19N5O2. The zero-order valence-corrected chi connectivity index (χ0v) is 10.5. The van der Waals surface area contributed by atoms with Gasteiger partial charge in [-0.1, -0.05) is 6.92 Å². The zero-order valence-electron chi connectivity index (χ0n) is 10.5. The van der Waals surface area contributed by atoms with Crippen molar-refractivity contribution in [2.75, 3.05) is 24.3 Å². The van der Waals surface area contributed by atoms with E-state index < -0.39 is 0 Å². The maximum atomic E-state index is 9.38. The number of nitrogens with one attached hydrogen (secondary N) is 1. The number of anilines is 2. The number of ether oxygens (including phenoxy) is 1. The second-order valence-corrected chi connectivity index (χ2v) is 4.57. The summed E-state index contributed by atoms with van der Waals surface area (Å²) < 4.78 is 5.33. The van der Waals surface area contributed by atoms with Crippen molar-refractivity contribution in [3.63, 3.8) is 0 Å². The molecular weight excluding hydrogens is 234 g/mol. The van der Waals surface area contributed by atoms with Crippen LogP contribution in [0.15, 0.2) is 0 Å². The zero-order chi connectivity index (χ0) is 13.0. The van der Waals surface area contributed by atoms with Crippen molar-refractivity contribution < 1.29 is 9.84 Å². The molecule has 0 unspecified atom stereocenters. The van der Waals surface area contributed by atoms with Crippen LogP contribution in [-0.2, 0) is 0 Å². The summed E-state index contributed by atoms with van der Waals surface area (Å²) in [6, 6.07) is 0.222. The molecule has 0 aliphatic heterocycles. The summed E-state index contributed by atoms with van der Waals surface area (Å²) in [6.45, 7) is 2.59. The van der Waals surface area contributed by atoms with Gasteiger partial charge in [-0.05, 0) is 25.7 Å². The molecule has 1 aliphatic rings. The molecule has 1 aromatic rings. The van der Waals surface area contributed by atoms with Crippen LogP contribution in [0.25, 0.3) is 0 Å². The van der Waals surface area contributed by atoms with Crippen LogP contribution in [0, 0.1) is 0 Å². The number of aliphatic hydroxyl groups is 1.